The summed E-state index contributed by atoms with van der Waals surface area (Å²) in [6, 6.07) is 6.60. The molecule has 0 saturated heterocycles. The maximum Gasteiger partial charge on any atom is 0.326 e. The molecule has 0 aliphatic heterocycles. The second-order valence-electron chi connectivity index (χ2n) is 8.10. The molecule has 31 heavy (non-hydrogen) atoms. The summed E-state index contributed by atoms with van der Waals surface area (Å²) in [5.41, 5.74) is 11.9. The molecule has 5 heteroatoms. The van der Waals surface area contributed by atoms with E-state index in [4.69, 9.17) is 5.73 Å². The number of thioether (sulfide) groups is 1. The standard InChI is InChI=1S/C26H38N2O2S/c1-19(2)10-8-11-20(3)12-9-13-21(4)16-17-31-18-25(26(29)30)28-22(5)23-14-6-7-15-24(23)27/h6-7,10,12,14-16,25,28H,5,8-9,11,13,17-18,27H2,1-4H3,(H,29,30)/b20-12+,21-16+. The number of carbonyl (C=O) groups is 1. The molecule has 0 radical (unpaired) electrons. The summed E-state index contributed by atoms with van der Waals surface area (Å²) in [4.78, 5) is 11.6. The molecule has 0 bridgehead atoms. The van der Waals surface area contributed by atoms with Crippen LogP contribution in [0.1, 0.15) is 58.9 Å². The molecular formula is C26H38N2O2S. The average Bonchev–Trinajstić information content (AvgIpc) is 2.70. The van der Waals surface area contributed by atoms with Crippen molar-refractivity contribution >= 4 is 29.1 Å². The lowest BCUT2D eigenvalue weighted by atomic mass is 10.1. The molecule has 1 aromatic rings. The number of nitrogens with one attached hydrogen (secondary N) is 1. The van der Waals surface area contributed by atoms with Gasteiger partial charge in [0.1, 0.15) is 6.04 Å². The Balaban J connectivity index is 2.41. The zero-order valence-electron chi connectivity index (χ0n) is 19.4. The number of allylic oxidation sites excluding steroid dienone is 5. The van der Waals surface area contributed by atoms with Crippen molar-refractivity contribution in [3.05, 3.63) is 71.4 Å². The number of aliphatic carboxylic acids is 1. The van der Waals surface area contributed by atoms with E-state index in [-0.39, 0.29) is 0 Å². The van der Waals surface area contributed by atoms with E-state index < -0.39 is 12.0 Å². The highest BCUT2D eigenvalue weighted by molar-refractivity contribution is 7.99. The summed E-state index contributed by atoms with van der Waals surface area (Å²) in [6.45, 7) is 12.6. The van der Waals surface area contributed by atoms with E-state index in [0.717, 1.165) is 37.0 Å². The van der Waals surface area contributed by atoms with Crippen molar-refractivity contribution in [1.29, 1.82) is 0 Å². The van der Waals surface area contributed by atoms with Gasteiger partial charge in [-0.1, -0.05) is 59.7 Å². The van der Waals surface area contributed by atoms with Gasteiger partial charge in [-0.2, -0.15) is 11.8 Å². The third-order valence-electron chi connectivity index (χ3n) is 4.89. The first kappa shape index (κ1) is 26.6. The third-order valence-corrected chi connectivity index (χ3v) is 5.86. The highest BCUT2D eigenvalue weighted by Gasteiger charge is 2.18. The molecule has 0 aliphatic carbocycles. The van der Waals surface area contributed by atoms with Crippen LogP contribution in [0.4, 0.5) is 5.69 Å². The van der Waals surface area contributed by atoms with Crippen molar-refractivity contribution < 1.29 is 9.90 Å². The lowest BCUT2D eigenvalue weighted by molar-refractivity contribution is -0.138. The van der Waals surface area contributed by atoms with Gasteiger partial charge in [0.15, 0.2) is 0 Å². The molecule has 1 aromatic carbocycles. The molecule has 0 spiro atoms. The molecule has 0 aromatic heterocycles. The fourth-order valence-corrected chi connectivity index (χ4v) is 3.96. The number of benzene rings is 1. The van der Waals surface area contributed by atoms with Gasteiger partial charge in [-0.25, -0.2) is 4.79 Å². The normalized spacial score (nSPS) is 12.9. The van der Waals surface area contributed by atoms with Gasteiger partial charge in [0.2, 0.25) is 0 Å². The zero-order chi connectivity index (χ0) is 23.2. The van der Waals surface area contributed by atoms with Crippen molar-refractivity contribution in [2.24, 2.45) is 0 Å². The first-order chi connectivity index (χ1) is 14.7. The molecule has 170 valence electrons. The number of hydrogen-bond acceptors (Lipinski definition) is 4. The van der Waals surface area contributed by atoms with Crippen LogP contribution in [-0.4, -0.2) is 28.6 Å². The lowest BCUT2D eigenvalue weighted by Gasteiger charge is -2.18. The van der Waals surface area contributed by atoms with Crippen LogP contribution in [-0.2, 0) is 4.79 Å². The van der Waals surface area contributed by atoms with E-state index in [2.05, 4.69) is 57.8 Å². The van der Waals surface area contributed by atoms with E-state index in [1.165, 1.54) is 16.7 Å². The number of para-hydroxylation sites is 1. The number of hydrogen-bond donors (Lipinski definition) is 3. The van der Waals surface area contributed by atoms with Crippen molar-refractivity contribution in [2.45, 2.75) is 59.4 Å². The molecule has 0 heterocycles. The Labute approximate surface area is 192 Å². The van der Waals surface area contributed by atoms with Gasteiger partial charge in [0, 0.05) is 28.5 Å². The lowest BCUT2D eigenvalue weighted by Crippen LogP contribution is -2.37. The Kier molecular flexibility index (Phi) is 12.5. The zero-order valence-corrected chi connectivity index (χ0v) is 20.2. The van der Waals surface area contributed by atoms with Crippen LogP contribution >= 0.6 is 11.8 Å². The number of nitrogen functional groups attached to an aromatic ring is 1. The molecule has 4 N–H and O–H groups in total. The van der Waals surface area contributed by atoms with Crippen LogP contribution in [0, 0.1) is 0 Å². The van der Waals surface area contributed by atoms with E-state index in [9.17, 15) is 9.90 Å². The Bertz CT molecular complexity index is 820. The number of carboxylic acids is 1. The van der Waals surface area contributed by atoms with Gasteiger partial charge >= 0.3 is 5.97 Å². The number of rotatable bonds is 14. The predicted molar refractivity (Wildman–Crippen MR) is 137 cm³/mol. The molecule has 0 saturated carbocycles. The van der Waals surface area contributed by atoms with E-state index in [1.807, 2.05) is 18.2 Å². The topological polar surface area (TPSA) is 75.3 Å². The average molecular weight is 443 g/mol. The Morgan fingerprint density at radius 1 is 1.10 bits per heavy atom. The molecule has 1 unspecified atom stereocenters. The molecule has 0 fully saturated rings. The number of nitrogens with two attached hydrogens (primary N) is 1. The summed E-state index contributed by atoms with van der Waals surface area (Å²) in [5, 5.41) is 12.5. The fourth-order valence-electron chi connectivity index (χ4n) is 2.96. The van der Waals surface area contributed by atoms with Crippen LogP contribution in [0.5, 0.6) is 0 Å². The fraction of sp³-hybridized carbons (Fsp3) is 0.423. The first-order valence-corrected chi connectivity index (χ1v) is 11.9. The Hall–Kier alpha value is -2.40. The van der Waals surface area contributed by atoms with Gasteiger partial charge in [0.05, 0.1) is 0 Å². The molecule has 1 rings (SSSR count). The summed E-state index contributed by atoms with van der Waals surface area (Å²) in [6.07, 6.45) is 11.1. The second kappa shape index (κ2) is 14.6. The third kappa shape index (κ3) is 11.5. The van der Waals surface area contributed by atoms with Gasteiger partial charge < -0.3 is 16.2 Å². The quantitative estimate of drug-likeness (QED) is 0.176. The van der Waals surface area contributed by atoms with Crippen LogP contribution in [0.2, 0.25) is 0 Å². The second-order valence-corrected chi connectivity index (χ2v) is 9.17. The minimum absolute atomic E-state index is 0.453. The molecule has 1 atom stereocenters. The van der Waals surface area contributed by atoms with Crippen molar-refractivity contribution in [3.63, 3.8) is 0 Å². The summed E-state index contributed by atoms with van der Waals surface area (Å²) >= 11 is 1.60. The van der Waals surface area contributed by atoms with Crippen LogP contribution in [0.15, 0.2) is 65.8 Å². The summed E-state index contributed by atoms with van der Waals surface area (Å²) in [5.74, 6) is 0.354. The molecule has 0 amide bonds. The predicted octanol–water partition coefficient (Wildman–Crippen LogP) is 6.43. The minimum atomic E-state index is -0.891. The monoisotopic (exact) mass is 442 g/mol. The van der Waals surface area contributed by atoms with E-state index in [0.29, 0.717) is 17.1 Å². The van der Waals surface area contributed by atoms with Crippen LogP contribution in [0.25, 0.3) is 5.70 Å². The molecule has 4 nitrogen and oxygen atoms in total. The number of anilines is 1. The SMILES string of the molecule is C=C(NC(CSC/C=C(\C)CC/C=C(\C)CCC=C(C)C)C(=O)O)c1ccccc1N. The van der Waals surface area contributed by atoms with Gasteiger partial charge in [0.25, 0.3) is 0 Å². The summed E-state index contributed by atoms with van der Waals surface area (Å²) in [7, 11) is 0. The molecule has 0 aliphatic rings. The highest BCUT2D eigenvalue weighted by atomic mass is 32.2. The largest absolute Gasteiger partial charge is 0.480 e. The van der Waals surface area contributed by atoms with Crippen molar-refractivity contribution in [1.82, 2.24) is 5.32 Å². The summed E-state index contributed by atoms with van der Waals surface area (Å²) < 4.78 is 0. The van der Waals surface area contributed by atoms with E-state index >= 15 is 0 Å². The Morgan fingerprint density at radius 2 is 1.71 bits per heavy atom. The number of carboxylic acid groups (broad SMARTS) is 1. The first-order valence-electron chi connectivity index (χ1n) is 10.8. The van der Waals surface area contributed by atoms with Crippen molar-refractivity contribution in [3.8, 4) is 0 Å². The molecular weight excluding hydrogens is 404 g/mol. The highest BCUT2D eigenvalue weighted by Crippen LogP contribution is 2.19. The van der Waals surface area contributed by atoms with Crippen molar-refractivity contribution in [2.75, 3.05) is 17.2 Å². The van der Waals surface area contributed by atoms with Crippen LogP contribution in [0.3, 0.4) is 0 Å². The maximum atomic E-state index is 11.6. The minimum Gasteiger partial charge on any atom is -0.480 e. The van der Waals surface area contributed by atoms with E-state index in [1.54, 1.807) is 17.8 Å². The smallest absolute Gasteiger partial charge is 0.326 e. The van der Waals surface area contributed by atoms with Crippen LogP contribution < -0.4 is 11.1 Å². The van der Waals surface area contributed by atoms with Gasteiger partial charge in [-0.05, 0) is 59.4 Å². The van der Waals surface area contributed by atoms with Gasteiger partial charge in [-0.3, -0.25) is 0 Å². The van der Waals surface area contributed by atoms with Gasteiger partial charge in [-0.15, -0.1) is 0 Å². The maximum absolute atomic E-state index is 11.6. The Morgan fingerprint density at radius 3 is 2.32 bits per heavy atom.